The molecule has 3 N–H and O–H groups in total. The minimum absolute atomic E-state index is 0. The molecule has 1 unspecified atom stereocenters. The molecule has 0 heterocycles. The predicted octanol–water partition coefficient (Wildman–Crippen LogP) is -4.88. The predicted molar refractivity (Wildman–Crippen MR) is 25.1 cm³/mol. The Morgan fingerprint density at radius 1 is 1.31 bits per heavy atom. The van der Waals surface area contributed by atoms with Crippen LogP contribution >= 0.6 is 0 Å². The molecule has 0 fully saturated rings. The van der Waals surface area contributed by atoms with E-state index in [0.29, 0.717) is 0 Å². The summed E-state index contributed by atoms with van der Waals surface area (Å²) in [7, 11) is 0. The molecule has 0 aromatic rings. The van der Waals surface area contributed by atoms with E-state index in [1.54, 1.807) is 0 Å². The first-order valence-corrected chi connectivity index (χ1v) is 5.41. The van der Waals surface area contributed by atoms with Gasteiger partial charge in [0.2, 0.25) is 0 Å². The summed E-state index contributed by atoms with van der Waals surface area (Å²) in [5, 5.41) is 27.3. The first-order valence-electron chi connectivity index (χ1n) is 2.76. The number of carbonyl (C=O) groups is 2. The SMILES string of the molecule is O=C([O-])CC(O)C(=O)[O-].[Fe+2].[OH][Zn][OH]. The van der Waals surface area contributed by atoms with E-state index in [2.05, 4.69) is 0 Å². The summed E-state index contributed by atoms with van der Waals surface area (Å²) in [6.45, 7) is 0. The van der Waals surface area contributed by atoms with Gasteiger partial charge < -0.3 is 24.9 Å². The standard InChI is InChI=1S/C4H6O5.Fe.2H2O.Zn/c5-2(4(8)9)1-3(6)7;;;;/h2,5H,1H2,(H,6,7)(H,8,9);;2*1H2;/q;+2;;;+2/p-4. The third-order valence-corrected chi connectivity index (χ3v) is 0.632. The molecular formula is C4H6FeO7Zn. The second-order valence-corrected chi connectivity index (χ2v) is 2.15. The van der Waals surface area contributed by atoms with Crippen LogP contribution < -0.4 is 10.2 Å². The summed E-state index contributed by atoms with van der Waals surface area (Å²) < 4.78 is 14.6. The number of carboxylic acids is 2. The van der Waals surface area contributed by atoms with Crippen molar-refractivity contribution in [1.82, 2.24) is 0 Å². The molecule has 0 aliphatic carbocycles. The molecule has 0 aromatic carbocycles. The van der Waals surface area contributed by atoms with Crippen molar-refractivity contribution in [3.63, 3.8) is 0 Å². The van der Waals surface area contributed by atoms with E-state index in [0.717, 1.165) is 0 Å². The van der Waals surface area contributed by atoms with Crippen molar-refractivity contribution in [3.8, 4) is 0 Å². The second kappa shape index (κ2) is 12.0. The van der Waals surface area contributed by atoms with Gasteiger partial charge in [-0.15, -0.1) is 0 Å². The molecule has 0 bridgehead atoms. The van der Waals surface area contributed by atoms with Crippen LogP contribution in [0.15, 0.2) is 0 Å². The molecule has 0 radical (unpaired) electrons. The number of hydrogen-bond acceptors (Lipinski definition) is 7. The number of aliphatic hydroxyl groups excluding tert-OH is 1. The summed E-state index contributed by atoms with van der Waals surface area (Å²) >= 11 is -1.88. The van der Waals surface area contributed by atoms with Crippen LogP contribution in [-0.4, -0.2) is 31.0 Å². The van der Waals surface area contributed by atoms with Crippen LogP contribution in [0.4, 0.5) is 0 Å². The quantitative estimate of drug-likeness (QED) is 0.442. The van der Waals surface area contributed by atoms with E-state index in [1.165, 1.54) is 0 Å². The fraction of sp³-hybridized carbons (Fsp3) is 0.500. The van der Waals surface area contributed by atoms with E-state index in [-0.39, 0.29) is 17.1 Å². The molecule has 0 spiro atoms. The molecule has 0 saturated heterocycles. The Kier molecular flexibility index (Phi) is 17.2. The molecule has 13 heavy (non-hydrogen) atoms. The van der Waals surface area contributed by atoms with Crippen LogP contribution in [0.1, 0.15) is 6.42 Å². The summed E-state index contributed by atoms with van der Waals surface area (Å²) in [5.41, 5.74) is 0. The number of aliphatic carboxylic acids is 2. The number of hydrogen-bond donors (Lipinski definition) is 3. The number of carboxylic acid groups (broad SMARTS) is 2. The molecule has 0 aliphatic heterocycles. The van der Waals surface area contributed by atoms with Crippen molar-refractivity contribution >= 4 is 11.9 Å². The van der Waals surface area contributed by atoms with Crippen molar-refractivity contribution in [1.29, 1.82) is 0 Å². The van der Waals surface area contributed by atoms with Gasteiger partial charge in [-0.2, -0.15) is 0 Å². The molecule has 0 aromatic heterocycles. The van der Waals surface area contributed by atoms with Crippen LogP contribution in [0.2, 0.25) is 0 Å². The van der Waals surface area contributed by atoms with Gasteiger partial charge in [0, 0.05) is 12.4 Å². The third kappa shape index (κ3) is 18.7. The Hall–Kier alpha value is -0.0371. The Morgan fingerprint density at radius 3 is 1.69 bits per heavy atom. The Bertz CT molecular complexity index is 151. The first-order chi connectivity index (χ1) is 5.45. The van der Waals surface area contributed by atoms with E-state index in [4.69, 9.17) is 13.0 Å². The fourth-order valence-corrected chi connectivity index (χ4v) is 0.241. The molecule has 1 atom stereocenters. The third-order valence-electron chi connectivity index (χ3n) is 0.632. The van der Waals surface area contributed by atoms with Crippen molar-refractivity contribution in [2.75, 3.05) is 0 Å². The average Bonchev–Trinajstić information content (AvgIpc) is 1.87. The maximum absolute atomic E-state index is 9.58. The van der Waals surface area contributed by atoms with E-state index in [9.17, 15) is 19.8 Å². The second-order valence-electron chi connectivity index (χ2n) is 1.55. The van der Waals surface area contributed by atoms with Gasteiger partial charge in [-0.25, -0.2) is 0 Å². The normalized spacial score (nSPS) is 9.46. The Balaban J connectivity index is -0.000000220. The van der Waals surface area contributed by atoms with Crippen molar-refractivity contribution in [2.45, 2.75) is 12.5 Å². The van der Waals surface area contributed by atoms with Gasteiger partial charge >= 0.3 is 42.8 Å². The minimum atomic E-state index is -1.96. The van der Waals surface area contributed by atoms with Crippen molar-refractivity contribution in [2.24, 2.45) is 0 Å². The van der Waals surface area contributed by atoms with Crippen LogP contribution in [0, 0.1) is 0 Å². The monoisotopic (exact) mass is 286 g/mol. The van der Waals surface area contributed by atoms with E-state index >= 15 is 0 Å². The average molecular weight is 287 g/mol. The van der Waals surface area contributed by atoms with Crippen LogP contribution in [0.5, 0.6) is 0 Å². The van der Waals surface area contributed by atoms with Gasteiger partial charge in [0.05, 0.1) is 12.1 Å². The van der Waals surface area contributed by atoms with Gasteiger partial charge in [0.25, 0.3) is 0 Å². The molecule has 0 rings (SSSR count). The van der Waals surface area contributed by atoms with Crippen molar-refractivity contribution < 1.29 is 67.7 Å². The van der Waals surface area contributed by atoms with Gasteiger partial charge in [-0.05, 0) is 0 Å². The number of aliphatic hydroxyl groups is 1. The van der Waals surface area contributed by atoms with Gasteiger partial charge in [0.1, 0.15) is 0 Å². The zero-order chi connectivity index (χ0) is 10.1. The molecular weight excluding hydrogens is 281 g/mol. The molecule has 9 heteroatoms. The van der Waals surface area contributed by atoms with Gasteiger partial charge in [-0.1, -0.05) is 0 Å². The maximum atomic E-state index is 9.58. The zero-order valence-electron chi connectivity index (χ0n) is 6.32. The topological polar surface area (TPSA) is 141 Å². The Labute approximate surface area is 92.3 Å². The molecule has 74 valence electrons. The summed E-state index contributed by atoms with van der Waals surface area (Å²) in [6, 6.07) is 0. The number of rotatable bonds is 3. The summed E-state index contributed by atoms with van der Waals surface area (Å²) in [5.74, 6) is -3.43. The van der Waals surface area contributed by atoms with Crippen molar-refractivity contribution in [3.05, 3.63) is 0 Å². The zero-order valence-corrected chi connectivity index (χ0v) is 10.4. The van der Waals surface area contributed by atoms with Gasteiger partial charge in [0.15, 0.2) is 0 Å². The molecule has 7 nitrogen and oxygen atoms in total. The van der Waals surface area contributed by atoms with Crippen LogP contribution in [0.25, 0.3) is 0 Å². The number of carbonyl (C=O) groups excluding carboxylic acids is 2. The van der Waals surface area contributed by atoms with E-state index < -0.39 is 42.3 Å². The molecule has 0 aliphatic rings. The Morgan fingerprint density at radius 2 is 1.62 bits per heavy atom. The van der Waals surface area contributed by atoms with Crippen LogP contribution in [-0.2, 0) is 44.5 Å². The summed E-state index contributed by atoms with van der Waals surface area (Å²) in [6.07, 6.45) is -2.89. The molecule has 0 amide bonds. The molecule has 0 saturated carbocycles. The summed E-state index contributed by atoms with van der Waals surface area (Å²) in [4.78, 5) is 19.1. The van der Waals surface area contributed by atoms with Crippen LogP contribution in [0.3, 0.4) is 0 Å². The van der Waals surface area contributed by atoms with Gasteiger partial charge in [-0.3, -0.25) is 0 Å². The van der Waals surface area contributed by atoms with E-state index in [1.807, 2.05) is 0 Å². The first kappa shape index (κ1) is 18.7. The fourth-order valence-electron chi connectivity index (χ4n) is 0.241.